The second-order valence-electron chi connectivity index (χ2n) is 4.81. The molecule has 0 fully saturated rings. The zero-order valence-corrected chi connectivity index (χ0v) is 12.1. The summed E-state index contributed by atoms with van der Waals surface area (Å²) in [6.45, 7) is 3.39. The minimum Gasteiger partial charge on any atom is -0.491 e. The molecular weight excluding hydrogens is 268 g/mol. The number of carbonyl (C=O) groups is 1. The Hall–Kier alpha value is -1.85. The first-order valence-corrected chi connectivity index (χ1v) is 7.25. The summed E-state index contributed by atoms with van der Waals surface area (Å²) in [4.78, 5) is 11.6. The first-order valence-electron chi connectivity index (χ1n) is 7.25. The number of benzene rings is 1. The van der Waals surface area contributed by atoms with Crippen LogP contribution in [0.3, 0.4) is 0 Å². The number of carbonyl (C=O) groups excluding carboxylic acids is 1. The largest absolute Gasteiger partial charge is 0.491 e. The molecule has 0 spiro atoms. The monoisotopic (exact) mass is 290 g/mol. The second-order valence-corrected chi connectivity index (χ2v) is 4.81. The minimum atomic E-state index is -0.0888. The molecular formula is C16H22N2O3. The van der Waals surface area contributed by atoms with Crippen LogP contribution >= 0.6 is 0 Å². The molecule has 1 amide bonds. The van der Waals surface area contributed by atoms with Crippen LogP contribution < -0.4 is 15.4 Å². The molecule has 0 saturated heterocycles. The summed E-state index contributed by atoms with van der Waals surface area (Å²) in [7, 11) is 0. The second kappa shape index (κ2) is 9.15. The van der Waals surface area contributed by atoms with E-state index in [2.05, 4.69) is 16.7 Å². The average Bonchev–Trinajstić information content (AvgIpc) is 2.54. The van der Waals surface area contributed by atoms with Crippen LogP contribution in [0.5, 0.6) is 5.75 Å². The maximum Gasteiger partial charge on any atom is 0.246 e. The molecule has 1 heterocycles. The summed E-state index contributed by atoms with van der Waals surface area (Å²) in [6, 6.07) is 9.54. The molecule has 2 N–H and O–H groups in total. The van der Waals surface area contributed by atoms with Gasteiger partial charge in [0, 0.05) is 13.1 Å². The van der Waals surface area contributed by atoms with E-state index < -0.39 is 0 Å². The predicted octanol–water partition coefficient (Wildman–Crippen LogP) is 1.12. The third-order valence-electron chi connectivity index (χ3n) is 3.14. The fraction of sp³-hybridized carbons (Fsp3) is 0.438. The van der Waals surface area contributed by atoms with Gasteiger partial charge in [-0.3, -0.25) is 4.79 Å². The molecule has 0 aromatic heterocycles. The normalized spacial score (nSPS) is 14.4. The molecule has 114 valence electrons. The van der Waals surface area contributed by atoms with E-state index in [1.165, 1.54) is 5.57 Å². The van der Waals surface area contributed by atoms with Crippen LogP contribution in [0, 0.1) is 0 Å². The van der Waals surface area contributed by atoms with Gasteiger partial charge in [-0.1, -0.05) is 29.8 Å². The number of rotatable bonds is 8. The predicted molar refractivity (Wildman–Crippen MR) is 81.3 cm³/mol. The van der Waals surface area contributed by atoms with E-state index in [4.69, 9.17) is 9.47 Å². The zero-order chi connectivity index (χ0) is 14.8. The van der Waals surface area contributed by atoms with Gasteiger partial charge in [0.1, 0.15) is 19.0 Å². The molecule has 0 radical (unpaired) electrons. The number of amides is 1. The molecule has 21 heavy (non-hydrogen) atoms. The fourth-order valence-electron chi connectivity index (χ4n) is 1.99. The number of hydrogen-bond acceptors (Lipinski definition) is 4. The Bertz CT molecular complexity index is 460. The van der Waals surface area contributed by atoms with Crippen molar-refractivity contribution in [2.45, 2.75) is 6.42 Å². The van der Waals surface area contributed by atoms with Crippen molar-refractivity contribution in [2.24, 2.45) is 0 Å². The topological polar surface area (TPSA) is 59.6 Å². The number of ether oxygens (including phenoxy) is 2. The van der Waals surface area contributed by atoms with Crippen LogP contribution in [0.4, 0.5) is 0 Å². The zero-order valence-electron chi connectivity index (χ0n) is 12.1. The van der Waals surface area contributed by atoms with E-state index in [1.807, 2.05) is 30.3 Å². The molecule has 1 aromatic carbocycles. The quantitative estimate of drug-likeness (QED) is 0.556. The molecule has 0 saturated carbocycles. The number of hydrogen-bond donors (Lipinski definition) is 2. The molecule has 0 aliphatic carbocycles. The highest BCUT2D eigenvalue weighted by molar-refractivity contribution is 5.77. The van der Waals surface area contributed by atoms with Crippen molar-refractivity contribution in [3.05, 3.63) is 42.0 Å². The summed E-state index contributed by atoms with van der Waals surface area (Å²) in [5.74, 6) is 0.720. The SMILES string of the molecule is O=C(COCCOc1ccccc1)NCC1=CCNCC1. The summed E-state index contributed by atoms with van der Waals surface area (Å²) >= 11 is 0. The van der Waals surface area contributed by atoms with Crippen molar-refractivity contribution in [3.63, 3.8) is 0 Å². The van der Waals surface area contributed by atoms with Gasteiger partial charge in [0.15, 0.2) is 0 Å². The van der Waals surface area contributed by atoms with Crippen molar-refractivity contribution in [2.75, 3.05) is 39.5 Å². The third-order valence-corrected chi connectivity index (χ3v) is 3.14. The lowest BCUT2D eigenvalue weighted by molar-refractivity contribution is -0.125. The smallest absolute Gasteiger partial charge is 0.246 e. The van der Waals surface area contributed by atoms with Crippen molar-refractivity contribution in [1.82, 2.24) is 10.6 Å². The van der Waals surface area contributed by atoms with Gasteiger partial charge in [0.05, 0.1) is 6.61 Å². The van der Waals surface area contributed by atoms with Gasteiger partial charge in [0.2, 0.25) is 5.91 Å². The average molecular weight is 290 g/mol. The molecule has 0 unspecified atom stereocenters. The highest BCUT2D eigenvalue weighted by Crippen LogP contribution is 2.07. The Labute approximate surface area is 125 Å². The van der Waals surface area contributed by atoms with Crippen LogP contribution in [0.1, 0.15) is 6.42 Å². The van der Waals surface area contributed by atoms with Crippen LogP contribution in [-0.2, 0) is 9.53 Å². The maximum absolute atomic E-state index is 11.6. The van der Waals surface area contributed by atoms with Gasteiger partial charge in [0.25, 0.3) is 0 Å². The first-order chi connectivity index (χ1) is 10.3. The van der Waals surface area contributed by atoms with E-state index in [0.29, 0.717) is 19.8 Å². The summed E-state index contributed by atoms with van der Waals surface area (Å²) < 4.78 is 10.8. The van der Waals surface area contributed by atoms with E-state index in [-0.39, 0.29) is 12.5 Å². The summed E-state index contributed by atoms with van der Waals surface area (Å²) in [5, 5.41) is 6.10. The Morgan fingerprint density at radius 2 is 2.10 bits per heavy atom. The van der Waals surface area contributed by atoms with Crippen LogP contribution in [0.25, 0.3) is 0 Å². The van der Waals surface area contributed by atoms with Crippen molar-refractivity contribution >= 4 is 5.91 Å². The Balaban J connectivity index is 1.50. The molecule has 1 aromatic rings. The lowest BCUT2D eigenvalue weighted by Crippen LogP contribution is -2.32. The van der Waals surface area contributed by atoms with Crippen LogP contribution in [0.2, 0.25) is 0 Å². The standard InChI is InChI=1S/C16H22N2O3/c19-16(18-12-14-6-8-17-9-7-14)13-20-10-11-21-15-4-2-1-3-5-15/h1-6,17H,7-13H2,(H,18,19). The van der Waals surface area contributed by atoms with Crippen LogP contribution in [-0.4, -0.2) is 45.4 Å². The fourth-order valence-corrected chi connectivity index (χ4v) is 1.99. The molecule has 1 aliphatic rings. The van der Waals surface area contributed by atoms with E-state index >= 15 is 0 Å². The highest BCUT2D eigenvalue weighted by atomic mass is 16.5. The highest BCUT2D eigenvalue weighted by Gasteiger charge is 2.05. The molecule has 0 bridgehead atoms. The van der Waals surface area contributed by atoms with Crippen molar-refractivity contribution < 1.29 is 14.3 Å². The lowest BCUT2D eigenvalue weighted by Gasteiger charge is -2.14. The van der Waals surface area contributed by atoms with Gasteiger partial charge >= 0.3 is 0 Å². The minimum absolute atomic E-state index is 0.0731. The molecule has 1 aliphatic heterocycles. The lowest BCUT2D eigenvalue weighted by atomic mass is 10.1. The Kier molecular flexibility index (Phi) is 6.77. The number of para-hydroxylation sites is 1. The van der Waals surface area contributed by atoms with Gasteiger partial charge in [-0.05, 0) is 25.1 Å². The Morgan fingerprint density at radius 1 is 1.24 bits per heavy atom. The third kappa shape index (κ3) is 6.42. The molecule has 5 nitrogen and oxygen atoms in total. The molecule has 2 rings (SSSR count). The van der Waals surface area contributed by atoms with Crippen LogP contribution in [0.15, 0.2) is 42.0 Å². The molecule has 0 atom stereocenters. The van der Waals surface area contributed by atoms with Crippen molar-refractivity contribution in [3.8, 4) is 5.75 Å². The summed E-state index contributed by atoms with van der Waals surface area (Å²) in [5.41, 5.74) is 1.27. The van der Waals surface area contributed by atoms with Gasteiger partial charge in [-0.25, -0.2) is 0 Å². The van der Waals surface area contributed by atoms with Gasteiger partial charge < -0.3 is 20.1 Å². The first kappa shape index (κ1) is 15.5. The van der Waals surface area contributed by atoms with Gasteiger partial charge in [-0.15, -0.1) is 0 Å². The van der Waals surface area contributed by atoms with E-state index in [9.17, 15) is 4.79 Å². The maximum atomic E-state index is 11.6. The Morgan fingerprint density at radius 3 is 2.86 bits per heavy atom. The number of nitrogens with one attached hydrogen (secondary N) is 2. The van der Waals surface area contributed by atoms with Crippen molar-refractivity contribution in [1.29, 1.82) is 0 Å². The molecule has 5 heteroatoms. The summed E-state index contributed by atoms with van der Waals surface area (Å²) in [6.07, 6.45) is 3.12. The van der Waals surface area contributed by atoms with E-state index in [0.717, 1.165) is 25.3 Å². The van der Waals surface area contributed by atoms with E-state index in [1.54, 1.807) is 0 Å². The van der Waals surface area contributed by atoms with Gasteiger partial charge in [-0.2, -0.15) is 0 Å².